The number of halogens is 4. The fourth-order valence-corrected chi connectivity index (χ4v) is 3.75. The maximum absolute atomic E-state index is 14.3. The van der Waals surface area contributed by atoms with Gasteiger partial charge >= 0.3 is 6.18 Å². The summed E-state index contributed by atoms with van der Waals surface area (Å²) in [6.07, 6.45) is -3.80. The number of benzene rings is 3. The molecule has 3 aromatic carbocycles. The second kappa shape index (κ2) is 8.41. The normalized spacial score (nSPS) is 14.6. The summed E-state index contributed by atoms with van der Waals surface area (Å²) in [7, 11) is 0. The van der Waals surface area contributed by atoms with Crippen LogP contribution in [0.2, 0.25) is 0 Å². The van der Waals surface area contributed by atoms with E-state index in [2.05, 4.69) is 5.32 Å². The van der Waals surface area contributed by atoms with Crippen LogP contribution in [0, 0.1) is 5.82 Å². The number of fused-ring (bicyclic) bond motifs is 1. The minimum atomic E-state index is -4.48. The number of anilines is 1. The van der Waals surface area contributed by atoms with Gasteiger partial charge in [-0.25, -0.2) is 4.39 Å². The van der Waals surface area contributed by atoms with Crippen molar-refractivity contribution in [1.82, 2.24) is 4.90 Å². The first kappa shape index (κ1) is 20.9. The molecule has 0 saturated heterocycles. The molecule has 0 radical (unpaired) electrons. The summed E-state index contributed by atoms with van der Waals surface area (Å²) < 4.78 is 53.2. The molecular formula is C24H20F4N2O. The van der Waals surface area contributed by atoms with Gasteiger partial charge in [-0.1, -0.05) is 48.5 Å². The lowest BCUT2D eigenvalue weighted by molar-refractivity contribution is -0.137. The van der Waals surface area contributed by atoms with Crippen LogP contribution in [0.25, 0.3) is 0 Å². The highest BCUT2D eigenvalue weighted by molar-refractivity contribution is 5.86. The molecule has 1 atom stereocenters. The van der Waals surface area contributed by atoms with E-state index in [9.17, 15) is 22.4 Å². The van der Waals surface area contributed by atoms with Crippen LogP contribution in [0.5, 0.6) is 0 Å². The molecule has 1 amide bonds. The lowest BCUT2D eigenvalue weighted by Gasteiger charge is -2.32. The molecule has 1 N–H and O–H groups in total. The first-order valence-electron chi connectivity index (χ1n) is 9.87. The summed E-state index contributed by atoms with van der Waals surface area (Å²) in [5, 5.41) is 2.90. The lowest BCUT2D eigenvalue weighted by Crippen LogP contribution is -2.41. The number of nitrogens with zero attached hydrogens (tertiary/aromatic N) is 1. The Kier molecular flexibility index (Phi) is 5.67. The van der Waals surface area contributed by atoms with Crippen molar-refractivity contribution in [2.24, 2.45) is 0 Å². The molecule has 7 heteroatoms. The molecule has 0 spiro atoms. The summed E-state index contributed by atoms with van der Waals surface area (Å²) in [6, 6.07) is 17.1. The molecule has 0 aromatic heterocycles. The van der Waals surface area contributed by atoms with Gasteiger partial charge in [0.25, 0.3) is 0 Å². The molecule has 1 unspecified atom stereocenters. The quantitative estimate of drug-likeness (QED) is 0.550. The Balaban J connectivity index is 1.65. The third kappa shape index (κ3) is 4.55. The van der Waals surface area contributed by atoms with Crippen molar-refractivity contribution in [3.63, 3.8) is 0 Å². The summed E-state index contributed by atoms with van der Waals surface area (Å²) in [4.78, 5) is 15.1. The zero-order valence-electron chi connectivity index (χ0n) is 16.5. The molecule has 160 valence electrons. The Morgan fingerprint density at radius 3 is 2.23 bits per heavy atom. The van der Waals surface area contributed by atoms with Gasteiger partial charge in [0, 0.05) is 13.1 Å². The standard InChI is InChI=1S/C24H20F4N2O/c25-20-7-3-4-8-21(20)29-22(17-9-11-19(12-10-17)24(26,27)28)23(31)30-14-13-16-5-1-2-6-18(16)15-30/h1-12,22,29H,13-15H2. The van der Waals surface area contributed by atoms with Crippen LogP contribution >= 0.6 is 0 Å². The Morgan fingerprint density at radius 1 is 0.903 bits per heavy atom. The average Bonchev–Trinajstić information content (AvgIpc) is 2.77. The van der Waals surface area contributed by atoms with Crippen molar-refractivity contribution < 1.29 is 22.4 Å². The highest BCUT2D eigenvalue weighted by Crippen LogP contribution is 2.32. The second-order valence-electron chi connectivity index (χ2n) is 7.46. The number of carbonyl (C=O) groups excluding carboxylic acids is 1. The largest absolute Gasteiger partial charge is 0.416 e. The third-order valence-corrected chi connectivity index (χ3v) is 5.43. The minimum Gasteiger partial charge on any atom is -0.368 e. The lowest BCUT2D eigenvalue weighted by atomic mass is 9.97. The molecule has 0 fully saturated rings. The van der Waals surface area contributed by atoms with Crippen molar-refractivity contribution in [1.29, 1.82) is 0 Å². The van der Waals surface area contributed by atoms with Gasteiger partial charge in [0.2, 0.25) is 5.91 Å². The van der Waals surface area contributed by atoms with Crippen LogP contribution in [0.4, 0.5) is 23.2 Å². The number of nitrogens with one attached hydrogen (secondary N) is 1. The number of amides is 1. The molecule has 1 aliphatic heterocycles. The number of hydrogen-bond donors (Lipinski definition) is 1. The van der Waals surface area contributed by atoms with Gasteiger partial charge in [-0.3, -0.25) is 4.79 Å². The Morgan fingerprint density at radius 2 is 1.55 bits per heavy atom. The van der Waals surface area contributed by atoms with Crippen LogP contribution in [-0.2, 0) is 23.9 Å². The number of rotatable bonds is 4. The first-order chi connectivity index (χ1) is 14.8. The molecule has 4 rings (SSSR count). The summed E-state index contributed by atoms with van der Waals surface area (Å²) in [5.74, 6) is -0.867. The Labute approximate surface area is 177 Å². The van der Waals surface area contributed by atoms with E-state index in [-0.39, 0.29) is 11.6 Å². The van der Waals surface area contributed by atoms with E-state index in [0.717, 1.165) is 17.7 Å². The molecule has 1 aliphatic rings. The van der Waals surface area contributed by atoms with Crippen LogP contribution < -0.4 is 5.32 Å². The number of para-hydroxylation sites is 1. The molecule has 1 heterocycles. The van der Waals surface area contributed by atoms with E-state index in [1.807, 2.05) is 24.3 Å². The zero-order chi connectivity index (χ0) is 22.0. The maximum atomic E-state index is 14.3. The van der Waals surface area contributed by atoms with E-state index in [4.69, 9.17) is 0 Å². The fourth-order valence-electron chi connectivity index (χ4n) is 3.75. The number of alkyl halides is 3. The summed E-state index contributed by atoms with van der Waals surface area (Å²) >= 11 is 0. The predicted octanol–water partition coefficient (Wildman–Crippen LogP) is 5.58. The topological polar surface area (TPSA) is 32.3 Å². The van der Waals surface area contributed by atoms with Gasteiger partial charge in [-0.05, 0) is 47.4 Å². The third-order valence-electron chi connectivity index (χ3n) is 5.43. The highest BCUT2D eigenvalue weighted by Gasteiger charge is 2.32. The smallest absolute Gasteiger partial charge is 0.368 e. The van der Waals surface area contributed by atoms with E-state index >= 15 is 0 Å². The van der Waals surface area contributed by atoms with E-state index < -0.39 is 23.6 Å². The van der Waals surface area contributed by atoms with Crippen molar-refractivity contribution in [3.8, 4) is 0 Å². The molecule has 3 nitrogen and oxygen atoms in total. The van der Waals surface area contributed by atoms with Crippen LogP contribution in [0.3, 0.4) is 0 Å². The van der Waals surface area contributed by atoms with Gasteiger partial charge in [-0.15, -0.1) is 0 Å². The predicted molar refractivity (Wildman–Crippen MR) is 110 cm³/mol. The highest BCUT2D eigenvalue weighted by atomic mass is 19.4. The second-order valence-corrected chi connectivity index (χ2v) is 7.46. The molecular weight excluding hydrogens is 408 g/mol. The monoisotopic (exact) mass is 428 g/mol. The van der Waals surface area contributed by atoms with Gasteiger partial charge in [0.1, 0.15) is 11.9 Å². The number of carbonyl (C=O) groups is 1. The van der Waals surface area contributed by atoms with E-state index in [0.29, 0.717) is 25.1 Å². The summed E-state index contributed by atoms with van der Waals surface area (Å²) in [6.45, 7) is 0.872. The van der Waals surface area contributed by atoms with E-state index in [1.54, 1.807) is 11.0 Å². The first-order valence-corrected chi connectivity index (χ1v) is 9.87. The SMILES string of the molecule is O=C(C(Nc1ccccc1F)c1ccc(C(F)(F)F)cc1)N1CCc2ccccc2C1. The average molecular weight is 428 g/mol. The molecule has 31 heavy (non-hydrogen) atoms. The van der Waals surface area contributed by atoms with Crippen molar-refractivity contribution in [2.45, 2.75) is 25.2 Å². The molecule has 3 aromatic rings. The van der Waals surface area contributed by atoms with Gasteiger partial charge in [0.05, 0.1) is 11.3 Å². The fraction of sp³-hybridized carbons (Fsp3) is 0.208. The molecule has 0 aliphatic carbocycles. The maximum Gasteiger partial charge on any atom is 0.416 e. The summed E-state index contributed by atoms with van der Waals surface area (Å²) in [5.41, 5.74) is 1.83. The Hall–Kier alpha value is -3.35. The van der Waals surface area contributed by atoms with Crippen LogP contribution in [-0.4, -0.2) is 17.4 Å². The van der Waals surface area contributed by atoms with Gasteiger partial charge in [-0.2, -0.15) is 13.2 Å². The van der Waals surface area contributed by atoms with Crippen molar-refractivity contribution >= 4 is 11.6 Å². The van der Waals surface area contributed by atoms with Crippen molar-refractivity contribution in [2.75, 3.05) is 11.9 Å². The van der Waals surface area contributed by atoms with E-state index in [1.165, 1.54) is 35.9 Å². The van der Waals surface area contributed by atoms with Gasteiger partial charge < -0.3 is 10.2 Å². The van der Waals surface area contributed by atoms with Crippen LogP contribution in [0.15, 0.2) is 72.8 Å². The van der Waals surface area contributed by atoms with Crippen LogP contribution in [0.1, 0.15) is 28.3 Å². The van der Waals surface area contributed by atoms with Gasteiger partial charge in [0.15, 0.2) is 0 Å². The molecule has 0 bridgehead atoms. The zero-order valence-corrected chi connectivity index (χ0v) is 16.5. The molecule has 0 saturated carbocycles. The number of hydrogen-bond acceptors (Lipinski definition) is 2. The van der Waals surface area contributed by atoms with Crippen molar-refractivity contribution in [3.05, 3.63) is 101 Å². The minimum absolute atomic E-state index is 0.109. The Bertz CT molecular complexity index is 1080.